The molecule has 30 heavy (non-hydrogen) atoms. The highest BCUT2D eigenvalue weighted by Crippen LogP contribution is 2.37. The maximum Gasteiger partial charge on any atom is 0.416 e. The highest BCUT2D eigenvalue weighted by Gasteiger charge is 2.39. The number of benzene rings is 2. The SMILES string of the molecule is CC1(c2ccc(Nc3ccc(C(F)(F)F)cc3)c(-c3cnccn3)c2)CCNC1=O. The van der Waals surface area contributed by atoms with E-state index in [1.807, 2.05) is 25.1 Å². The summed E-state index contributed by atoms with van der Waals surface area (Å²) in [5, 5.41) is 6.02. The smallest absolute Gasteiger partial charge is 0.355 e. The lowest BCUT2D eigenvalue weighted by atomic mass is 9.80. The van der Waals surface area contributed by atoms with Crippen molar-refractivity contribution in [1.29, 1.82) is 0 Å². The second-order valence-corrected chi connectivity index (χ2v) is 7.39. The Bertz CT molecular complexity index is 1070. The van der Waals surface area contributed by atoms with Gasteiger partial charge in [0.25, 0.3) is 0 Å². The summed E-state index contributed by atoms with van der Waals surface area (Å²) in [5.41, 5.74) is 1.95. The number of halogens is 3. The standard InChI is InChI=1S/C22H19F3N4O/c1-21(8-9-28-20(21)30)15-4-7-18(17(12-15)19-13-26-10-11-27-19)29-16-5-2-14(3-6-16)22(23,24)25/h2-7,10-13,29H,8-9H2,1H3,(H,28,30). The van der Waals surface area contributed by atoms with Crippen LogP contribution >= 0.6 is 0 Å². The zero-order chi connectivity index (χ0) is 21.4. The van der Waals surface area contributed by atoms with Crippen LogP contribution in [0.1, 0.15) is 24.5 Å². The molecule has 2 heterocycles. The normalized spacial score (nSPS) is 18.9. The number of nitrogens with one attached hydrogen (secondary N) is 2. The van der Waals surface area contributed by atoms with E-state index in [0.717, 1.165) is 17.7 Å². The summed E-state index contributed by atoms with van der Waals surface area (Å²) in [5.74, 6) is -0.0314. The third kappa shape index (κ3) is 3.72. The predicted molar refractivity (Wildman–Crippen MR) is 107 cm³/mol. The van der Waals surface area contributed by atoms with E-state index in [2.05, 4.69) is 20.6 Å². The predicted octanol–water partition coefficient (Wildman–Crippen LogP) is 4.68. The van der Waals surface area contributed by atoms with Crippen LogP contribution in [0.15, 0.2) is 61.1 Å². The number of amides is 1. The van der Waals surface area contributed by atoms with Crippen molar-refractivity contribution in [3.63, 3.8) is 0 Å². The number of nitrogens with zero attached hydrogens (tertiary/aromatic N) is 2. The number of rotatable bonds is 4. The molecule has 0 spiro atoms. The molecule has 3 aromatic rings. The van der Waals surface area contributed by atoms with Crippen LogP contribution in [-0.4, -0.2) is 22.4 Å². The van der Waals surface area contributed by atoms with Crippen molar-refractivity contribution in [3.05, 3.63) is 72.2 Å². The van der Waals surface area contributed by atoms with Crippen LogP contribution in [0.4, 0.5) is 24.5 Å². The van der Waals surface area contributed by atoms with E-state index in [4.69, 9.17) is 0 Å². The van der Waals surface area contributed by atoms with E-state index in [1.54, 1.807) is 18.6 Å². The van der Waals surface area contributed by atoms with E-state index in [0.29, 0.717) is 35.6 Å². The molecule has 1 fully saturated rings. The van der Waals surface area contributed by atoms with Crippen LogP contribution in [0, 0.1) is 0 Å². The van der Waals surface area contributed by atoms with Crippen molar-refractivity contribution in [3.8, 4) is 11.3 Å². The zero-order valence-corrected chi connectivity index (χ0v) is 16.1. The number of hydrogen-bond acceptors (Lipinski definition) is 4. The lowest BCUT2D eigenvalue weighted by Crippen LogP contribution is -2.32. The minimum atomic E-state index is -4.39. The van der Waals surface area contributed by atoms with Crippen LogP contribution in [0.5, 0.6) is 0 Å². The lowest BCUT2D eigenvalue weighted by molar-refractivity contribution is -0.137. The van der Waals surface area contributed by atoms with Crippen molar-refractivity contribution in [2.24, 2.45) is 0 Å². The quantitative estimate of drug-likeness (QED) is 0.653. The van der Waals surface area contributed by atoms with E-state index in [1.165, 1.54) is 12.1 Å². The summed E-state index contributed by atoms with van der Waals surface area (Å²) in [6.45, 7) is 2.51. The monoisotopic (exact) mass is 412 g/mol. The first-order chi connectivity index (χ1) is 14.3. The fourth-order valence-corrected chi connectivity index (χ4v) is 3.55. The van der Waals surface area contributed by atoms with E-state index >= 15 is 0 Å². The second kappa shape index (κ2) is 7.44. The zero-order valence-electron chi connectivity index (χ0n) is 16.1. The Morgan fingerprint density at radius 3 is 2.47 bits per heavy atom. The number of aromatic nitrogens is 2. The molecule has 0 bridgehead atoms. The first-order valence-electron chi connectivity index (χ1n) is 9.41. The maximum absolute atomic E-state index is 12.8. The summed E-state index contributed by atoms with van der Waals surface area (Å²) in [6, 6.07) is 10.4. The van der Waals surface area contributed by atoms with Gasteiger partial charge in [-0.25, -0.2) is 0 Å². The number of carbonyl (C=O) groups excluding carboxylic acids is 1. The summed E-state index contributed by atoms with van der Waals surface area (Å²) < 4.78 is 38.5. The summed E-state index contributed by atoms with van der Waals surface area (Å²) in [6.07, 6.45) is 1.02. The van der Waals surface area contributed by atoms with Crippen LogP contribution in [0.25, 0.3) is 11.3 Å². The summed E-state index contributed by atoms with van der Waals surface area (Å²) in [4.78, 5) is 20.9. The van der Waals surface area contributed by atoms with Gasteiger partial charge in [0.15, 0.2) is 0 Å². The van der Waals surface area contributed by atoms with Crippen molar-refractivity contribution < 1.29 is 18.0 Å². The van der Waals surface area contributed by atoms with Gasteiger partial charge in [0.05, 0.1) is 22.9 Å². The minimum Gasteiger partial charge on any atom is -0.355 e. The third-order valence-electron chi connectivity index (χ3n) is 5.40. The molecule has 1 aromatic heterocycles. The van der Waals surface area contributed by atoms with Crippen molar-refractivity contribution in [2.45, 2.75) is 24.9 Å². The number of alkyl halides is 3. The molecule has 4 rings (SSSR count). The highest BCUT2D eigenvalue weighted by atomic mass is 19.4. The van der Waals surface area contributed by atoms with Crippen molar-refractivity contribution >= 4 is 17.3 Å². The van der Waals surface area contributed by atoms with Gasteiger partial charge in [-0.2, -0.15) is 13.2 Å². The average molecular weight is 412 g/mol. The van der Waals surface area contributed by atoms with Gasteiger partial charge in [0, 0.05) is 35.9 Å². The molecule has 0 radical (unpaired) electrons. The molecule has 1 unspecified atom stereocenters. The Kier molecular flexibility index (Phi) is 4.93. The molecule has 2 aromatic carbocycles. The molecule has 154 valence electrons. The van der Waals surface area contributed by atoms with Gasteiger partial charge in [-0.1, -0.05) is 6.07 Å². The Balaban J connectivity index is 1.73. The Morgan fingerprint density at radius 1 is 1.10 bits per heavy atom. The molecular weight excluding hydrogens is 393 g/mol. The van der Waals surface area contributed by atoms with E-state index < -0.39 is 17.2 Å². The van der Waals surface area contributed by atoms with E-state index in [-0.39, 0.29) is 5.91 Å². The van der Waals surface area contributed by atoms with E-state index in [9.17, 15) is 18.0 Å². The highest BCUT2D eigenvalue weighted by molar-refractivity contribution is 5.91. The Morgan fingerprint density at radius 2 is 1.87 bits per heavy atom. The van der Waals surface area contributed by atoms with Gasteiger partial charge in [-0.05, 0) is 55.3 Å². The number of hydrogen-bond donors (Lipinski definition) is 2. The molecule has 1 aliphatic heterocycles. The molecule has 1 amide bonds. The molecule has 1 atom stereocenters. The van der Waals surface area contributed by atoms with Crippen molar-refractivity contribution in [1.82, 2.24) is 15.3 Å². The minimum absolute atomic E-state index is 0.0314. The van der Waals surface area contributed by atoms with Crippen molar-refractivity contribution in [2.75, 3.05) is 11.9 Å². The first-order valence-corrected chi connectivity index (χ1v) is 9.41. The van der Waals surface area contributed by atoms with Crippen LogP contribution < -0.4 is 10.6 Å². The molecular formula is C22H19F3N4O. The molecule has 0 saturated carbocycles. The molecule has 2 N–H and O–H groups in total. The summed E-state index contributed by atoms with van der Waals surface area (Å²) >= 11 is 0. The van der Waals surface area contributed by atoms with Gasteiger partial charge in [-0.3, -0.25) is 14.8 Å². The van der Waals surface area contributed by atoms with Crippen LogP contribution in [-0.2, 0) is 16.4 Å². The van der Waals surface area contributed by atoms with Gasteiger partial charge in [0.1, 0.15) is 0 Å². The first kappa shape index (κ1) is 19.9. The Hall–Kier alpha value is -3.42. The number of anilines is 2. The fraction of sp³-hybridized carbons (Fsp3) is 0.227. The molecule has 8 heteroatoms. The second-order valence-electron chi connectivity index (χ2n) is 7.39. The topological polar surface area (TPSA) is 66.9 Å². The Labute approximate surface area is 171 Å². The maximum atomic E-state index is 12.8. The van der Waals surface area contributed by atoms with Gasteiger partial charge < -0.3 is 10.6 Å². The van der Waals surface area contributed by atoms with Crippen LogP contribution in [0.3, 0.4) is 0 Å². The number of carbonyl (C=O) groups is 1. The lowest BCUT2D eigenvalue weighted by Gasteiger charge is -2.23. The van der Waals surface area contributed by atoms with Crippen LogP contribution in [0.2, 0.25) is 0 Å². The van der Waals surface area contributed by atoms with Gasteiger partial charge >= 0.3 is 6.18 Å². The fourth-order valence-electron chi connectivity index (χ4n) is 3.55. The van der Waals surface area contributed by atoms with Gasteiger partial charge in [0.2, 0.25) is 5.91 Å². The molecule has 0 aliphatic carbocycles. The molecule has 1 saturated heterocycles. The third-order valence-corrected chi connectivity index (χ3v) is 5.40. The summed E-state index contributed by atoms with van der Waals surface area (Å²) in [7, 11) is 0. The van der Waals surface area contributed by atoms with Gasteiger partial charge in [-0.15, -0.1) is 0 Å². The average Bonchev–Trinajstić information content (AvgIpc) is 3.08. The largest absolute Gasteiger partial charge is 0.416 e. The molecule has 1 aliphatic rings. The molecule has 5 nitrogen and oxygen atoms in total.